The maximum Gasteiger partial charge on any atom is 0.335 e. The fourth-order valence-electron chi connectivity index (χ4n) is 0.296. The van der Waals surface area contributed by atoms with Crippen LogP contribution in [0.1, 0.15) is 6.92 Å². The van der Waals surface area contributed by atoms with Crippen LogP contribution < -0.4 is 5.32 Å². The second-order valence-electron chi connectivity index (χ2n) is 1.66. The average Bonchev–Trinajstić information content (AvgIpc) is 1.78. The van der Waals surface area contributed by atoms with Gasteiger partial charge in [0.05, 0.1) is 11.8 Å². The first-order valence-electron chi connectivity index (χ1n) is 2.63. The van der Waals surface area contributed by atoms with E-state index in [1.165, 1.54) is 6.92 Å². The van der Waals surface area contributed by atoms with Crippen LogP contribution in [0.25, 0.3) is 0 Å². The van der Waals surface area contributed by atoms with Crippen molar-refractivity contribution in [1.29, 1.82) is 0 Å². The lowest BCUT2D eigenvalue weighted by Gasteiger charge is -1.89. The highest BCUT2D eigenvalue weighted by atomic mass is 32.2. The molecule has 6 heteroatoms. The second-order valence-corrected chi connectivity index (χ2v) is 2.82. The van der Waals surface area contributed by atoms with E-state index in [9.17, 15) is 13.2 Å². The van der Waals surface area contributed by atoms with Gasteiger partial charge in [0, 0.05) is 6.92 Å². The van der Waals surface area contributed by atoms with Crippen molar-refractivity contribution in [3.8, 4) is 11.2 Å². The molecule has 2 N–H and O–H groups in total. The van der Waals surface area contributed by atoms with Gasteiger partial charge in [0.15, 0.2) is 0 Å². The Kier molecular flexibility index (Phi) is 3.57. The van der Waals surface area contributed by atoms with E-state index in [1.54, 1.807) is 5.25 Å². The number of hydrogen-bond donors (Lipinski definition) is 2. The van der Waals surface area contributed by atoms with Gasteiger partial charge in [-0.05, 0) is 0 Å². The summed E-state index contributed by atoms with van der Waals surface area (Å²) >= 11 is 0. The molecule has 0 aliphatic carbocycles. The summed E-state index contributed by atoms with van der Waals surface area (Å²) in [6.45, 7) is 1.18. The summed E-state index contributed by atoms with van der Waals surface area (Å²) in [5.41, 5.74) is 0. The van der Waals surface area contributed by atoms with Gasteiger partial charge in [0.25, 0.3) is 0 Å². The molecule has 0 spiro atoms. The lowest BCUT2D eigenvalue weighted by Crippen LogP contribution is -2.19. The monoisotopic (exact) mass is 177 g/mol. The van der Waals surface area contributed by atoms with Gasteiger partial charge in [0.1, 0.15) is 0 Å². The zero-order valence-corrected chi connectivity index (χ0v) is 6.60. The smallest absolute Gasteiger partial charge is 0.335 e. The molecule has 0 aromatic heterocycles. The second kappa shape index (κ2) is 3.95. The van der Waals surface area contributed by atoms with Crippen molar-refractivity contribution in [3.63, 3.8) is 0 Å². The number of amides is 1. The number of carbonyl (C=O) groups excluding carboxylic acids is 1. The third-order valence-electron chi connectivity index (χ3n) is 0.627. The Labute approximate surface area is 64.5 Å². The molecule has 0 fully saturated rings. The summed E-state index contributed by atoms with van der Waals surface area (Å²) in [4.78, 5) is 10.2. The van der Waals surface area contributed by atoms with Crippen LogP contribution in [0.3, 0.4) is 0 Å². The summed E-state index contributed by atoms with van der Waals surface area (Å²) < 4.78 is 28.0. The first-order chi connectivity index (χ1) is 4.92. The molecule has 0 unspecified atom stereocenters. The van der Waals surface area contributed by atoms with Crippen molar-refractivity contribution in [2.75, 3.05) is 6.54 Å². The molecule has 0 bridgehead atoms. The first-order valence-corrected chi connectivity index (χ1v) is 4.07. The minimum Gasteiger partial charge on any atom is -0.345 e. The number of nitrogens with one attached hydrogen (secondary N) is 1. The normalized spacial score (nSPS) is 9.64. The van der Waals surface area contributed by atoms with E-state index in [-0.39, 0.29) is 12.5 Å². The van der Waals surface area contributed by atoms with Crippen LogP contribution >= 0.6 is 0 Å². The Bertz CT molecular complexity index is 294. The quantitative estimate of drug-likeness (QED) is 0.396. The Balaban J connectivity index is 3.85. The van der Waals surface area contributed by atoms with Crippen LogP contribution in [-0.4, -0.2) is 25.4 Å². The minimum absolute atomic E-state index is 0.0882. The molecule has 0 heterocycles. The van der Waals surface area contributed by atoms with Gasteiger partial charge in [-0.2, -0.15) is 8.42 Å². The predicted octanol–water partition coefficient (Wildman–Crippen LogP) is -1.03. The highest BCUT2D eigenvalue weighted by molar-refractivity contribution is 7.90. The van der Waals surface area contributed by atoms with Gasteiger partial charge in [-0.1, -0.05) is 5.92 Å². The maximum atomic E-state index is 10.2. The predicted molar refractivity (Wildman–Crippen MR) is 38.0 cm³/mol. The van der Waals surface area contributed by atoms with Gasteiger partial charge in [-0.25, -0.2) is 0 Å². The molecule has 0 saturated heterocycles. The Morgan fingerprint density at radius 3 is 2.55 bits per heavy atom. The van der Waals surface area contributed by atoms with Crippen molar-refractivity contribution in [2.24, 2.45) is 0 Å². The Morgan fingerprint density at radius 2 is 2.18 bits per heavy atom. The van der Waals surface area contributed by atoms with Crippen molar-refractivity contribution < 1.29 is 17.8 Å². The van der Waals surface area contributed by atoms with Crippen LogP contribution in [0.5, 0.6) is 0 Å². The molecule has 0 aliphatic heterocycles. The minimum atomic E-state index is -4.23. The third kappa shape index (κ3) is 8.94. The maximum absolute atomic E-state index is 10.2. The lowest BCUT2D eigenvalue weighted by molar-refractivity contribution is -0.118. The highest BCUT2D eigenvalue weighted by Gasteiger charge is 1.93. The Hall–Kier alpha value is -1.06. The van der Waals surface area contributed by atoms with Gasteiger partial charge >= 0.3 is 10.1 Å². The Morgan fingerprint density at radius 1 is 1.64 bits per heavy atom. The van der Waals surface area contributed by atoms with Crippen LogP contribution in [-0.2, 0) is 14.9 Å². The van der Waals surface area contributed by atoms with E-state index in [0.29, 0.717) is 0 Å². The SMILES string of the molecule is CC(=O)NCC#CS(=O)(=O)O. The van der Waals surface area contributed by atoms with Gasteiger partial charge in [-0.15, -0.1) is 0 Å². The molecule has 0 aromatic carbocycles. The van der Waals surface area contributed by atoms with Gasteiger partial charge < -0.3 is 5.32 Å². The highest BCUT2D eigenvalue weighted by Crippen LogP contribution is 1.72. The average molecular weight is 177 g/mol. The summed E-state index contributed by atoms with van der Waals surface area (Å²) in [6.07, 6.45) is 0. The first kappa shape index (κ1) is 9.94. The van der Waals surface area contributed by atoms with Crippen molar-refractivity contribution in [2.45, 2.75) is 6.92 Å². The number of hydrogen-bond acceptors (Lipinski definition) is 3. The molecular weight excluding hydrogens is 170 g/mol. The topological polar surface area (TPSA) is 83.5 Å². The number of carbonyl (C=O) groups is 1. The molecule has 0 atom stereocenters. The molecule has 0 aromatic rings. The summed E-state index contributed by atoms with van der Waals surface area (Å²) in [5.74, 6) is 1.73. The fraction of sp³-hybridized carbons (Fsp3) is 0.400. The lowest BCUT2D eigenvalue weighted by atomic mass is 10.6. The molecule has 0 radical (unpaired) electrons. The molecule has 11 heavy (non-hydrogen) atoms. The van der Waals surface area contributed by atoms with E-state index >= 15 is 0 Å². The van der Waals surface area contributed by atoms with E-state index < -0.39 is 10.1 Å². The van der Waals surface area contributed by atoms with Gasteiger partial charge in [0.2, 0.25) is 5.91 Å². The fourth-order valence-corrected chi connectivity index (χ4v) is 0.551. The van der Waals surface area contributed by atoms with Gasteiger partial charge in [-0.3, -0.25) is 9.35 Å². The molecule has 0 rings (SSSR count). The van der Waals surface area contributed by atoms with Crippen molar-refractivity contribution >= 4 is 16.0 Å². The van der Waals surface area contributed by atoms with E-state index in [0.717, 1.165) is 0 Å². The molecular formula is C5H7NO4S. The molecule has 1 amide bonds. The zero-order valence-electron chi connectivity index (χ0n) is 5.79. The van der Waals surface area contributed by atoms with E-state index in [1.807, 2.05) is 5.92 Å². The number of rotatable bonds is 1. The van der Waals surface area contributed by atoms with Crippen molar-refractivity contribution in [3.05, 3.63) is 0 Å². The van der Waals surface area contributed by atoms with E-state index in [2.05, 4.69) is 5.32 Å². The molecule has 0 saturated carbocycles. The molecule has 62 valence electrons. The summed E-state index contributed by atoms with van der Waals surface area (Å²) in [5, 5.41) is 3.77. The summed E-state index contributed by atoms with van der Waals surface area (Å²) in [7, 11) is -4.23. The zero-order chi connectivity index (χ0) is 8.91. The largest absolute Gasteiger partial charge is 0.345 e. The van der Waals surface area contributed by atoms with E-state index in [4.69, 9.17) is 4.55 Å². The standard InChI is InChI=1S/C5H7NO4S/c1-5(7)6-3-2-4-11(8,9)10/h3H2,1H3,(H,6,7)(H,8,9,10). The van der Waals surface area contributed by atoms with Crippen LogP contribution in [0.4, 0.5) is 0 Å². The van der Waals surface area contributed by atoms with Crippen molar-refractivity contribution in [1.82, 2.24) is 5.32 Å². The summed E-state index contributed by atoms with van der Waals surface area (Å²) in [6, 6.07) is 0. The van der Waals surface area contributed by atoms with Crippen LogP contribution in [0.15, 0.2) is 0 Å². The molecule has 5 nitrogen and oxygen atoms in total. The van der Waals surface area contributed by atoms with Crippen LogP contribution in [0, 0.1) is 11.2 Å². The van der Waals surface area contributed by atoms with Crippen LogP contribution in [0.2, 0.25) is 0 Å². The molecule has 0 aliphatic rings. The third-order valence-corrected chi connectivity index (χ3v) is 1.03.